The second-order valence-electron chi connectivity index (χ2n) is 14.2. The van der Waals surface area contributed by atoms with Gasteiger partial charge in [-0.1, -0.05) is 90.4 Å². The Bertz CT molecular complexity index is 1510. The first kappa shape index (κ1) is 42.0. The van der Waals surface area contributed by atoms with E-state index in [9.17, 15) is 14.5 Å². The Morgan fingerprint density at radius 1 is 1.02 bits per heavy atom. The number of nitriles is 1. The van der Waals surface area contributed by atoms with Gasteiger partial charge in [0, 0.05) is 6.61 Å². The molecule has 3 N–H and O–H groups in total. The number of nitrogens with zero attached hydrogens (tertiary/aromatic N) is 4. The van der Waals surface area contributed by atoms with Gasteiger partial charge in [-0.3, -0.25) is 0 Å². The van der Waals surface area contributed by atoms with E-state index in [0.717, 1.165) is 30.5 Å². The lowest BCUT2D eigenvalue weighted by Crippen LogP contribution is -2.30. The third kappa shape index (κ3) is 14.6. The molecule has 4 rings (SSSR count). The van der Waals surface area contributed by atoms with E-state index in [1.165, 1.54) is 95.5 Å². The number of rotatable bonds is 27. The molecule has 0 saturated carbocycles. The molecule has 3 heterocycles. The van der Waals surface area contributed by atoms with Crippen LogP contribution >= 0.6 is 8.60 Å². The molecular weight excluding hydrogens is 684 g/mol. The van der Waals surface area contributed by atoms with E-state index in [1.807, 2.05) is 25.1 Å². The molecule has 1 aliphatic heterocycles. The van der Waals surface area contributed by atoms with Gasteiger partial charge in [0.05, 0.1) is 49.4 Å². The van der Waals surface area contributed by atoms with Crippen molar-refractivity contribution < 1.29 is 32.5 Å². The first-order valence-corrected chi connectivity index (χ1v) is 20.3. The Hall–Kier alpha value is -2.75. The summed E-state index contributed by atoms with van der Waals surface area (Å²) in [6, 6.07) is 9.89. The molecule has 3 unspecified atom stereocenters. The maximum atomic E-state index is 14.0. The predicted molar refractivity (Wildman–Crippen MR) is 201 cm³/mol. The smallest absolute Gasteiger partial charge is 0.330 e. The van der Waals surface area contributed by atoms with Gasteiger partial charge in [0.1, 0.15) is 29.9 Å². The van der Waals surface area contributed by atoms with Crippen LogP contribution in [0.4, 0.5) is 10.2 Å². The molecule has 288 valence electrons. The van der Waals surface area contributed by atoms with Crippen LogP contribution in [0.1, 0.15) is 140 Å². The average Bonchev–Trinajstić information content (AvgIpc) is 3.75. The number of benzene rings is 1. The van der Waals surface area contributed by atoms with E-state index >= 15 is 0 Å². The van der Waals surface area contributed by atoms with Gasteiger partial charge in [-0.15, -0.1) is 0 Å². The van der Waals surface area contributed by atoms with Crippen LogP contribution < -0.4 is 5.73 Å². The van der Waals surface area contributed by atoms with Gasteiger partial charge in [-0.2, -0.15) is 10.4 Å². The molecule has 0 amide bonds. The van der Waals surface area contributed by atoms with Crippen LogP contribution in [-0.4, -0.2) is 57.6 Å². The average molecular weight is 744 g/mol. The summed E-state index contributed by atoms with van der Waals surface area (Å²) in [7, 11) is -2.23. The number of aromatic nitrogens is 3. The summed E-state index contributed by atoms with van der Waals surface area (Å²) >= 11 is 0. The molecule has 1 saturated heterocycles. The third-order valence-corrected chi connectivity index (χ3v) is 10.3. The van der Waals surface area contributed by atoms with Crippen molar-refractivity contribution in [2.24, 2.45) is 0 Å². The van der Waals surface area contributed by atoms with Gasteiger partial charge in [-0.25, -0.2) is 13.9 Å². The van der Waals surface area contributed by atoms with Gasteiger partial charge >= 0.3 is 8.60 Å². The monoisotopic (exact) mass is 743 g/mol. The fourth-order valence-electron chi connectivity index (χ4n) is 6.58. The number of hydrogen-bond donors (Lipinski definition) is 2. The van der Waals surface area contributed by atoms with Gasteiger partial charge in [0.2, 0.25) is 0 Å². The molecule has 0 spiro atoms. The maximum absolute atomic E-state index is 14.0. The van der Waals surface area contributed by atoms with Crippen molar-refractivity contribution in [3.05, 3.63) is 59.3 Å². The minimum absolute atomic E-state index is 0.0127. The molecule has 0 bridgehead atoms. The highest BCUT2D eigenvalue weighted by Gasteiger charge is 2.39. The molecule has 1 aromatic carbocycles. The number of nitrogens with two attached hydrogens (primary N) is 1. The van der Waals surface area contributed by atoms with Crippen LogP contribution in [0.5, 0.6) is 0 Å². The summed E-state index contributed by atoms with van der Waals surface area (Å²) in [5.74, 6) is -0.0991. The van der Waals surface area contributed by atoms with Crippen molar-refractivity contribution in [2.45, 2.75) is 141 Å². The van der Waals surface area contributed by atoms with Gasteiger partial charge < -0.3 is 33.9 Å². The van der Waals surface area contributed by atoms with Gasteiger partial charge in [0.15, 0.2) is 5.82 Å². The summed E-state index contributed by atoms with van der Waals surface area (Å²) in [5, 5.41) is 13.5. The number of nitrogen functional groups attached to an aromatic ring is 1. The van der Waals surface area contributed by atoms with Crippen molar-refractivity contribution in [3.8, 4) is 6.07 Å². The molecule has 2 aromatic heterocycles. The Morgan fingerprint density at radius 3 is 2.40 bits per heavy atom. The minimum atomic E-state index is -2.23. The summed E-state index contributed by atoms with van der Waals surface area (Å²) in [5.41, 5.74) is 7.71. The number of hydrogen-bond acceptors (Lipinski definition) is 10. The summed E-state index contributed by atoms with van der Waals surface area (Å²) in [6.07, 6.45) is 20.2. The maximum Gasteiger partial charge on any atom is 0.330 e. The zero-order chi connectivity index (χ0) is 37.0. The number of unbranched alkanes of at least 4 members (excludes halogenated alkanes) is 13. The number of fused-ring (bicyclic) bond motifs is 1. The van der Waals surface area contributed by atoms with Crippen molar-refractivity contribution >= 4 is 19.9 Å². The van der Waals surface area contributed by atoms with E-state index in [1.54, 1.807) is 10.6 Å². The molecule has 4 atom stereocenters. The lowest BCUT2D eigenvalue weighted by atomic mass is 10.0. The number of halogens is 1. The van der Waals surface area contributed by atoms with Crippen molar-refractivity contribution in [3.63, 3.8) is 0 Å². The number of ether oxygens (including phenoxy) is 3. The topological polar surface area (TPSA) is 146 Å². The first-order valence-electron chi connectivity index (χ1n) is 19.2. The van der Waals surface area contributed by atoms with Crippen LogP contribution in [0.15, 0.2) is 36.7 Å². The largest absolute Gasteiger partial charge is 0.382 e. The lowest BCUT2D eigenvalue weighted by Gasteiger charge is -2.26. The van der Waals surface area contributed by atoms with E-state index in [0.29, 0.717) is 24.4 Å². The third-order valence-electron chi connectivity index (χ3n) is 9.57. The summed E-state index contributed by atoms with van der Waals surface area (Å²) in [6.45, 7) is 5.24. The van der Waals surface area contributed by atoms with Crippen molar-refractivity contribution in [2.75, 3.05) is 32.2 Å². The van der Waals surface area contributed by atoms with Crippen LogP contribution in [0, 0.1) is 17.1 Å². The number of anilines is 1. The molecule has 0 aliphatic carbocycles. The molecule has 52 heavy (non-hydrogen) atoms. The normalized spacial score (nSPS) is 18.6. The fourth-order valence-corrected chi connectivity index (χ4v) is 7.33. The second-order valence-corrected chi connectivity index (χ2v) is 15.2. The quantitative estimate of drug-likeness (QED) is 0.0572. The van der Waals surface area contributed by atoms with Crippen LogP contribution in [0.3, 0.4) is 0 Å². The van der Waals surface area contributed by atoms with Crippen LogP contribution in [-0.2, 0) is 29.9 Å². The SMILES string of the molecule is CCCCCCCCCCCCCCCCOCC(COP(O)OC[C@]1(C)CCC(c2ccc3c(N)ncnn23)O1)OCc1cc(F)cc(C#N)c1. The van der Waals surface area contributed by atoms with E-state index < -0.39 is 26.1 Å². The van der Waals surface area contributed by atoms with Gasteiger partial charge in [0.25, 0.3) is 0 Å². The second kappa shape index (κ2) is 23.1. The van der Waals surface area contributed by atoms with Crippen molar-refractivity contribution in [1.82, 2.24) is 14.6 Å². The standard InChI is InChI=1S/C39H59FN5O6P/c1-3-4-5-6-7-8-9-10-11-12-13-14-15-16-21-47-27-34(48-26-32-22-31(25-41)23-33(40)24-32)28-49-52(46)50-29-39(2)20-19-37(51-39)35-17-18-36-38(42)43-30-44-45(35)36/h17-18,22-24,30,34,37,46H,3-16,19-21,26-29H2,1-2H3,(H2,42,43,44)/t34?,37?,39-,52?/m0/s1. The van der Waals surface area contributed by atoms with E-state index in [2.05, 4.69) is 17.0 Å². The molecule has 13 heteroatoms. The summed E-state index contributed by atoms with van der Waals surface area (Å²) in [4.78, 5) is 14.7. The van der Waals surface area contributed by atoms with E-state index in [4.69, 9.17) is 29.0 Å². The zero-order valence-corrected chi connectivity index (χ0v) is 32.0. The van der Waals surface area contributed by atoms with E-state index in [-0.39, 0.29) is 38.1 Å². The molecular formula is C39H59FN5O6P. The van der Waals surface area contributed by atoms with Crippen molar-refractivity contribution in [1.29, 1.82) is 5.26 Å². The highest BCUT2D eigenvalue weighted by atomic mass is 31.2. The minimum Gasteiger partial charge on any atom is -0.382 e. The first-order chi connectivity index (χ1) is 25.3. The molecule has 11 nitrogen and oxygen atoms in total. The molecule has 0 radical (unpaired) electrons. The highest BCUT2D eigenvalue weighted by Crippen LogP contribution is 2.43. The molecule has 1 fully saturated rings. The Balaban J connectivity index is 1.14. The van der Waals surface area contributed by atoms with Gasteiger partial charge in [-0.05, 0) is 62.1 Å². The Kier molecular flexibility index (Phi) is 18.7. The Labute approximate surface area is 310 Å². The highest BCUT2D eigenvalue weighted by molar-refractivity contribution is 7.40. The molecule has 1 aliphatic rings. The fraction of sp³-hybridized carbons (Fsp3) is 0.667. The van der Waals surface area contributed by atoms with Crippen LogP contribution in [0.25, 0.3) is 5.52 Å². The Morgan fingerprint density at radius 2 is 1.71 bits per heavy atom. The molecule has 3 aromatic rings. The zero-order valence-electron chi connectivity index (χ0n) is 31.1. The predicted octanol–water partition coefficient (Wildman–Crippen LogP) is 9.27. The summed E-state index contributed by atoms with van der Waals surface area (Å²) < 4.78 is 45.5. The lowest BCUT2D eigenvalue weighted by molar-refractivity contribution is -0.0661. The van der Waals surface area contributed by atoms with Crippen LogP contribution in [0.2, 0.25) is 0 Å².